The van der Waals surface area contributed by atoms with Gasteiger partial charge in [-0.25, -0.2) is 9.37 Å². The lowest BCUT2D eigenvalue weighted by Gasteiger charge is -2.37. The minimum absolute atomic E-state index is 0.405. The van der Waals surface area contributed by atoms with Crippen LogP contribution in [0.15, 0.2) is 36.7 Å². The summed E-state index contributed by atoms with van der Waals surface area (Å²) >= 11 is 5.89. The molecule has 1 fully saturated rings. The highest BCUT2D eigenvalue weighted by atomic mass is 35.5. The smallest absolute Gasteiger partial charge is 0.221 e. The number of piperidine rings is 1. The van der Waals surface area contributed by atoms with Crippen molar-refractivity contribution >= 4 is 23.1 Å². The van der Waals surface area contributed by atoms with Crippen molar-refractivity contribution in [2.75, 3.05) is 18.0 Å². The van der Waals surface area contributed by atoms with Crippen molar-refractivity contribution in [1.29, 1.82) is 0 Å². The van der Waals surface area contributed by atoms with E-state index in [0.29, 0.717) is 48.8 Å². The van der Waals surface area contributed by atoms with Gasteiger partial charge < -0.3 is 4.90 Å². The lowest BCUT2D eigenvalue weighted by Crippen LogP contribution is -2.43. The molecule has 0 saturated carbocycles. The Bertz CT molecular complexity index is 841. The summed E-state index contributed by atoms with van der Waals surface area (Å²) in [5, 5.41) is 12.2. The van der Waals surface area contributed by atoms with Crippen LogP contribution in [0.3, 0.4) is 0 Å². The Kier molecular flexibility index (Phi) is 3.80. The standard InChI is InChI=1S/C16H16ClFN6/c17-13-3-1-12(2-4-13)11-16(18)5-8-23(9-6-16)14-15-20-21-22-24(15)10-7-19-14/h1-4,7,10H,5-6,8-9,11H2. The van der Waals surface area contributed by atoms with Gasteiger partial charge >= 0.3 is 0 Å². The Labute approximate surface area is 143 Å². The number of nitrogens with zero attached hydrogens (tertiary/aromatic N) is 6. The Hall–Kier alpha value is -2.28. The van der Waals surface area contributed by atoms with E-state index in [1.807, 2.05) is 17.0 Å². The van der Waals surface area contributed by atoms with Gasteiger partial charge in [-0.05, 0) is 41.0 Å². The molecule has 8 heteroatoms. The first-order chi connectivity index (χ1) is 11.6. The summed E-state index contributed by atoms with van der Waals surface area (Å²) in [6.45, 7) is 1.17. The maximum Gasteiger partial charge on any atom is 0.221 e. The lowest BCUT2D eigenvalue weighted by molar-refractivity contribution is 0.125. The molecule has 0 spiro atoms. The molecule has 0 unspecified atom stereocenters. The molecular formula is C16H16ClFN6. The van der Waals surface area contributed by atoms with Crippen LogP contribution in [0.5, 0.6) is 0 Å². The maximum atomic E-state index is 15.2. The largest absolute Gasteiger partial charge is 0.353 e. The predicted molar refractivity (Wildman–Crippen MR) is 89.0 cm³/mol. The predicted octanol–water partition coefficient (Wildman–Crippen LogP) is 2.72. The van der Waals surface area contributed by atoms with Crippen LogP contribution in [0.25, 0.3) is 5.65 Å². The summed E-state index contributed by atoms with van der Waals surface area (Å²) in [6, 6.07) is 7.39. The molecular weight excluding hydrogens is 331 g/mol. The Morgan fingerprint density at radius 2 is 1.92 bits per heavy atom. The highest BCUT2D eigenvalue weighted by Crippen LogP contribution is 2.32. The zero-order valence-electron chi connectivity index (χ0n) is 12.9. The average Bonchev–Trinajstić information content (AvgIpc) is 3.06. The van der Waals surface area contributed by atoms with Crippen LogP contribution in [0, 0.1) is 0 Å². The first-order valence-electron chi connectivity index (χ1n) is 7.84. The molecule has 124 valence electrons. The van der Waals surface area contributed by atoms with Crippen LogP contribution < -0.4 is 4.90 Å². The number of anilines is 1. The number of halogens is 2. The van der Waals surface area contributed by atoms with Crippen LogP contribution in [-0.2, 0) is 6.42 Å². The van der Waals surface area contributed by atoms with E-state index in [1.54, 1.807) is 29.0 Å². The number of fused-ring (bicyclic) bond motifs is 1. The molecule has 1 aromatic carbocycles. The molecule has 0 amide bonds. The van der Waals surface area contributed by atoms with E-state index < -0.39 is 5.67 Å². The minimum Gasteiger partial charge on any atom is -0.353 e. The van der Waals surface area contributed by atoms with E-state index in [1.165, 1.54) is 0 Å². The summed E-state index contributed by atoms with van der Waals surface area (Å²) in [5.41, 5.74) is 0.361. The van der Waals surface area contributed by atoms with E-state index in [2.05, 4.69) is 20.5 Å². The first kappa shape index (κ1) is 15.3. The molecule has 3 aromatic rings. The molecule has 0 bridgehead atoms. The molecule has 0 aliphatic carbocycles. The minimum atomic E-state index is -1.21. The van der Waals surface area contributed by atoms with Crippen molar-refractivity contribution < 1.29 is 4.39 Å². The Morgan fingerprint density at radius 3 is 2.67 bits per heavy atom. The second kappa shape index (κ2) is 5.98. The zero-order chi connectivity index (χ0) is 16.6. The van der Waals surface area contributed by atoms with Gasteiger partial charge in [-0.2, -0.15) is 4.52 Å². The second-order valence-electron chi connectivity index (χ2n) is 6.14. The molecule has 4 rings (SSSR count). The van der Waals surface area contributed by atoms with Gasteiger partial charge in [0.1, 0.15) is 5.67 Å². The molecule has 24 heavy (non-hydrogen) atoms. The molecule has 3 heterocycles. The van der Waals surface area contributed by atoms with Crippen LogP contribution in [0.2, 0.25) is 5.02 Å². The second-order valence-corrected chi connectivity index (χ2v) is 6.58. The van der Waals surface area contributed by atoms with E-state index in [4.69, 9.17) is 11.6 Å². The van der Waals surface area contributed by atoms with Crippen molar-refractivity contribution in [2.24, 2.45) is 0 Å². The van der Waals surface area contributed by atoms with E-state index >= 15 is 4.39 Å². The summed E-state index contributed by atoms with van der Waals surface area (Å²) < 4.78 is 16.8. The fraction of sp³-hybridized carbons (Fsp3) is 0.375. The quantitative estimate of drug-likeness (QED) is 0.729. The van der Waals surface area contributed by atoms with Crippen molar-refractivity contribution in [1.82, 2.24) is 25.0 Å². The molecule has 1 aliphatic rings. The number of hydrogen-bond acceptors (Lipinski definition) is 5. The summed E-state index contributed by atoms with van der Waals surface area (Å²) in [6.07, 6.45) is 4.65. The summed E-state index contributed by atoms with van der Waals surface area (Å²) in [4.78, 5) is 6.42. The van der Waals surface area contributed by atoms with Crippen molar-refractivity contribution in [3.63, 3.8) is 0 Å². The third-order valence-corrected chi connectivity index (χ3v) is 4.74. The molecule has 0 atom stereocenters. The fourth-order valence-electron chi connectivity index (χ4n) is 3.15. The number of hydrogen-bond donors (Lipinski definition) is 0. The third-order valence-electron chi connectivity index (χ3n) is 4.49. The Morgan fingerprint density at radius 1 is 1.17 bits per heavy atom. The van der Waals surface area contributed by atoms with E-state index in [0.717, 1.165) is 5.56 Å². The molecule has 2 aromatic heterocycles. The van der Waals surface area contributed by atoms with Crippen LogP contribution in [0.1, 0.15) is 18.4 Å². The van der Waals surface area contributed by atoms with E-state index in [9.17, 15) is 0 Å². The number of aromatic nitrogens is 5. The SMILES string of the molecule is FC1(Cc2ccc(Cl)cc2)CCN(c2nccn3nnnc23)CC1. The summed E-state index contributed by atoms with van der Waals surface area (Å²) in [7, 11) is 0. The van der Waals surface area contributed by atoms with Gasteiger partial charge in [0.15, 0.2) is 5.82 Å². The van der Waals surface area contributed by atoms with Gasteiger partial charge in [-0.15, -0.1) is 5.10 Å². The van der Waals surface area contributed by atoms with Crippen molar-refractivity contribution in [3.8, 4) is 0 Å². The van der Waals surface area contributed by atoms with Crippen molar-refractivity contribution in [2.45, 2.75) is 24.9 Å². The Balaban J connectivity index is 1.48. The number of alkyl halides is 1. The van der Waals surface area contributed by atoms with Gasteiger partial charge in [-0.3, -0.25) is 0 Å². The van der Waals surface area contributed by atoms with Gasteiger partial charge in [-0.1, -0.05) is 23.7 Å². The van der Waals surface area contributed by atoms with Gasteiger partial charge in [0.25, 0.3) is 0 Å². The number of benzene rings is 1. The van der Waals surface area contributed by atoms with Gasteiger partial charge in [0.05, 0.1) is 6.20 Å². The van der Waals surface area contributed by atoms with Crippen LogP contribution in [-0.4, -0.2) is 43.8 Å². The fourth-order valence-corrected chi connectivity index (χ4v) is 3.28. The van der Waals surface area contributed by atoms with Crippen LogP contribution in [0.4, 0.5) is 10.2 Å². The highest BCUT2D eigenvalue weighted by molar-refractivity contribution is 6.30. The normalized spacial score (nSPS) is 17.3. The third kappa shape index (κ3) is 2.91. The first-order valence-corrected chi connectivity index (χ1v) is 8.22. The van der Waals surface area contributed by atoms with Crippen molar-refractivity contribution in [3.05, 3.63) is 47.2 Å². The molecule has 1 saturated heterocycles. The highest BCUT2D eigenvalue weighted by Gasteiger charge is 2.35. The lowest BCUT2D eigenvalue weighted by atomic mass is 9.87. The molecule has 0 radical (unpaired) electrons. The number of rotatable bonds is 3. The van der Waals surface area contributed by atoms with Gasteiger partial charge in [0, 0.05) is 30.7 Å². The summed E-state index contributed by atoms with van der Waals surface area (Å²) in [5.74, 6) is 0.705. The van der Waals surface area contributed by atoms with Crippen LogP contribution >= 0.6 is 11.6 Å². The van der Waals surface area contributed by atoms with E-state index in [-0.39, 0.29) is 0 Å². The maximum absolute atomic E-state index is 15.2. The topological polar surface area (TPSA) is 59.2 Å². The monoisotopic (exact) mass is 346 g/mol. The average molecular weight is 347 g/mol. The zero-order valence-corrected chi connectivity index (χ0v) is 13.7. The molecule has 6 nitrogen and oxygen atoms in total. The number of tetrazole rings is 1. The van der Waals surface area contributed by atoms with Gasteiger partial charge in [0.2, 0.25) is 5.65 Å². The molecule has 0 N–H and O–H groups in total. The molecule has 1 aliphatic heterocycles.